The summed E-state index contributed by atoms with van der Waals surface area (Å²) in [6.45, 7) is 6.97. The number of carbonyl (C=O) groups excluding carboxylic acids is 1. The third-order valence-electron chi connectivity index (χ3n) is 2.04. The van der Waals surface area contributed by atoms with Crippen molar-refractivity contribution in [3.05, 3.63) is 0 Å². The van der Waals surface area contributed by atoms with Crippen molar-refractivity contribution < 1.29 is 14.3 Å². The molecular formula is C11H18O3. The van der Waals surface area contributed by atoms with Crippen molar-refractivity contribution >= 4 is 5.78 Å². The van der Waals surface area contributed by atoms with Crippen LogP contribution in [0.15, 0.2) is 0 Å². The van der Waals surface area contributed by atoms with Crippen LogP contribution in [0.1, 0.15) is 27.7 Å². The Kier molecular flexibility index (Phi) is 4.31. The Morgan fingerprint density at radius 2 is 1.57 bits per heavy atom. The first-order chi connectivity index (χ1) is 6.25. The average molecular weight is 198 g/mol. The summed E-state index contributed by atoms with van der Waals surface area (Å²) < 4.78 is 10.1. The molecule has 0 atom stereocenters. The molecule has 80 valence electrons. The largest absolute Gasteiger partial charge is 0.370 e. The molecule has 0 fully saturated rings. The molecule has 14 heavy (non-hydrogen) atoms. The predicted molar refractivity (Wildman–Crippen MR) is 55.0 cm³/mol. The van der Waals surface area contributed by atoms with Gasteiger partial charge in [-0.25, -0.2) is 0 Å². The Balaban J connectivity index is 4.62. The van der Waals surface area contributed by atoms with Crippen LogP contribution in [0, 0.1) is 11.8 Å². The van der Waals surface area contributed by atoms with E-state index in [-0.39, 0.29) is 5.78 Å². The summed E-state index contributed by atoms with van der Waals surface area (Å²) in [4.78, 5) is 11.5. The van der Waals surface area contributed by atoms with E-state index in [9.17, 15) is 4.79 Å². The minimum Gasteiger partial charge on any atom is -0.370 e. The van der Waals surface area contributed by atoms with Crippen molar-refractivity contribution in [2.24, 2.45) is 0 Å². The van der Waals surface area contributed by atoms with Crippen molar-refractivity contribution in [3.63, 3.8) is 0 Å². The fourth-order valence-corrected chi connectivity index (χ4v) is 0.502. The van der Waals surface area contributed by atoms with Gasteiger partial charge in [-0.1, -0.05) is 5.92 Å². The van der Waals surface area contributed by atoms with Gasteiger partial charge in [-0.15, -0.1) is 0 Å². The molecule has 0 spiro atoms. The van der Waals surface area contributed by atoms with Gasteiger partial charge in [0, 0.05) is 14.2 Å². The van der Waals surface area contributed by atoms with Crippen molar-refractivity contribution in [1.82, 2.24) is 0 Å². The second-order valence-electron chi connectivity index (χ2n) is 4.01. The van der Waals surface area contributed by atoms with Crippen molar-refractivity contribution in [3.8, 4) is 11.8 Å². The molecule has 0 N–H and O–H groups in total. The van der Waals surface area contributed by atoms with Crippen molar-refractivity contribution in [2.75, 3.05) is 14.2 Å². The van der Waals surface area contributed by atoms with Gasteiger partial charge in [0.15, 0.2) is 0 Å². The summed E-state index contributed by atoms with van der Waals surface area (Å²) in [5, 5.41) is 0. The van der Waals surface area contributed by atoms with Gasteiger partial charge in [-0.05, 0) is 33.6 Å². The van der Waals surface area contributed by atoms with Crippen LogP contribution in [-0.2, 0) is 14.3 Å². The second-order valence-corrected chi connectivity index (χ2v) is 4.01. The molecule has 0 saturated carbocycles. The second kappa shape index (κ2) is 4.59. The van der Waals surface area contributed by atoms with E-state index in [2.05, 4.69) is 11.8 Å². The van der Waals surface area contributed by atoms with Crippen LogP contribution in [-0.4, -0.2) is 31.2 Å². The highest BCUT2D eigenvalue weighted by atomic mass is 16.5. The molecule has 0 aromatic rings. The molecule has 0 aliphatic rings. The zero-order valence-corrected chi connectivity index (χ0v) is 9.72. The maximum absolute atomic E-state index is 11.5. The monoisotopic (exact) mass is 198 g/mol. The molecule has 0 radical (unpaired) electrons. The molecule has 0 rings (SSSR count). The number of ketones is 1. The topological polar surface area (TPSA) is 35.5 Å². The molecule has 0 heterocycles. The van der Waals surface area contributed by atoms with Crippen molar-refractivity contribution in [2.45, 2.75) is 38.9 Å². The summed E-state index contributed by atoms with van der Waals surface area (Å²) in [6, 6.07) is 0. The van der Waals surface area contributed by atoms with Gasteiger partial charge in [0.2, 0.25) is 5.78 Å². The first-order valence-electron chi connectivity index (χ1n) is 4.43. The molecule has 3 heteroatoms. The average Bonchev–Trinajstić information content (AvgIpc) is 2.14. The van der Waals surface area contributed by atoms with Crippen LogP contribution >= 0.6 is 0 Å². The lowest BCUT2D eigenvalue weighted by Gasteiger charge is -2.18. The quantitative estimate of drug-likeness (QED) is 0.508. The van der Waals surface area contributed by atoms with Crippen LogP contribution in [0.2, 0.25) is 0 Å². The molecular weight excluding hydrogens is 180 g/mol. The zero-order chi connectivity index (χ0) is 11.4. The summed E-state index contributed by atoms with van der Waals surface area (Å²) >= 11 is 0. The Bertz CT molecular complexity index is 266. The molecule has 0 aliphatic heterocycles. The minimum atomic E-state index is -0.850. The number of ether oxygens (including phenoxy) is 2. The number of carbonyl (C=O) groups is 1. The van der Waals surface area contributed by atoms with Gasteiger partial charge < -0.3 is 9.47 Å². The van der Waals surface area contributed by atoms with Gasteiger partial charge >= 0.3 is 0 Å². The SMILES string of the molecule is COC(C)(C)C#CC(=O)C(C)(C)OC. The van der Waals surface area contributed by atoms with Crippen LogP contribution in [0.5, 0.6) is 0 Å². The number of hydrogen-bond acceptors (Lipinski definition) is 3. The summed E-state index contributed by atoms with van der Waals surface area (Å²) in [5.74, 6) is 5.03. The van der Waals surface area contributed by atoms with E-state index in [1.54, 1.807) is 34.8 Å². The Morgan fingerprint density at radius 3 is 1.93 bits per heavy atom. The number of methoxy groups -OCH3 is 2. The Hall–Kier alpha value is -0.850. The maximum atomic E-state index is 11.5. The fourth-order valence-electron chi connectivity index (χ4n) is 0.502. The smallest absolute Gasteiger partial charge is 0.236 e. The summed E-state index contributed by atoms with van der Waals surface area (Å²) in [7, 11) is 3.04. The van der Waals surface area contributed by atoms with Crippen LogP contribution in [0.4, 0.5) is 0 Å². The van der Waals surface area contributed by atoms with E-state index in [1.165, 1.54) is 7.11 Å². The lowest BCUT2D eigenvalue weighted by molar-refractivity contribution is -0.130. The molecule has 0 aromatic carbocycles. The molecule has 3 nitrogen and oxygen atoms in total. The van der Waals surface area contributed by atoms with Gasteiger partial charge in [-0.2, -0.15) is 0 Å². The van der Waals surface area contributed by atoms with Gasteiger partial charge in [-0.3, -0.25) is 4.79 Å². The van der Waals surface area contributed by atoms with Crippen LogP contribution < -0.4 is 0 Å². The van der Waals surface area contributed by atoms with Crippen LogP contribution in [0.3, 0.4) is 0 Å². The summed E-state index contributed by atoms with van der Waals surface area (Å²) in [6.07, 6.45) is 0. The third kappa shape index (κ3) is 3.91. The molecule has 0 unspecified atom stereocenters. The lowest BCUT2D eigenvalue weighted by Crippen LogP contribution is -2.33. The van der Waals surface area contributed by atoms with E-state index in [1.807, 2.05) is 0 Å². The standard InChI is InChI=1S/C11H18O3/c1-10(2,13-5)8-7-9(12)11(3,4)14-6/h1-6H3. The molecule has 0 saturated heterocycles. The normalized spacial score (nSPS) is 11.9. The van der Waals surface area contributed by atoms with Gasteiger partial charge in [0.25, 0.3) is 0 Å². The molecule has 0 aromatic heterocycles. The van der Waals surface area contributed by atoms with E-state index in [4.69, 9.17) is 9.47 Å². The summed E-state index contributed by atoms with van der Waals surface area (Å²) in [5.41, 5.74) is -1.45. The van der Waals surface area contributed by atoms with Crippen LogP contribution in [0.25, 0.3) is 0 Å². The van der Waals surface area contributed by atoms with Gasteiger partial charge in [0.1, 0.15) is 11.2 Å². The minimum absolute atomic E-state index is 0.245. The highest BCUT2D eigenvalue weighted by Crippen LogP contribution is 2.09. The van der Waals surface area contributed by atoms with E-state index >= 15 is 0 Å². The zero-order valence-electron chi connectivity index (χ0n) is 9.72. The van der Waals surface area contributed by atoms with E-state index in [0.717, 1.165) is 0 Å². The first-order valence-corrected chi connectivity index (χ1v) is 4.43. The number of rotatable bonds is 3. The molecule has 0 bridgehead atoms. The number of Topliss-reactive ketones (excluding diaryl/α,β-unsaturated/α-hetero) is 1. The molecule has 0 amide bonds. The lowest BCUT2D eigenvalue weighted by atomic mass is 10.0. The molecule has 0 aliphatic carbocycles. The third-order valence-corrected chi connectivity index (χ3v) is 2.04. The van der Waals surface area contributed by atoms with E-state index in [0.29, 0.717) is 0 Å². The van der Waals surface area contributed by atoms with Gasteiger partial charge in [0.05, 0.1) is 0 Å². The predicted octanol–water partition coefficient (Wildman–Crippen LogP) is 1.41. The fraction of sp³-hybridized carbons (Fsp3) is 0.727. The maximum Gasteiger partial charge on any atom is 0.236 e. The highest BCUT2D eigenvalue weighted by Gasteiger charge is 2.25. The van der Waals surface area contributed by atoms with Crippen molar-refractivity contribution in [1.29, 1.82) is 0 Å². The first kappa shape index (κ1) is 13.2. The van der Waals surface area contributed by atoms with E-state index < -0.39 is 11.2 Å². The highest BCUT2D eigenvalue weighted by molar-refractivity contribution is 6.01. The Morgan fingerprint density at radius 1 is 1.07 bits per heavy atom. The Labute approximate surface area is 85.8 Å². The number of hydrogen-bond donors (Lipinski definition) is 0.